The Hall–Kier alpha value is -0.650. The van der Waals surface area contributed by atoms with Crippen LogP contribution < -0.4 is 10.6 Å². The zero-order valence-corrected chi connectivity index (χ0v) is 13.3. The lowest BCUT2D eigenvalue weighted by atomic mass is 10.1. The van der Waals surface area contributed by atoms with Crippen LogP contribution in [0, 0.1) is 0 Å². The van der Waals surface area contributed by atoms with E-state index in [1.54, 1.807) is 0 Å². The summed E-state index contributed by atoms with van der Waals surface area (Å²) in [5, 5.41) is 6.21. The summed E-state index contributed by atoms with van der Waals surface area (Å²) in [5.41, 5.74) is 0. The number of unbranched alkanes of at least 4 members (excludes halogenated alkanes) is 1. The van der Waals surface area contributed by atoms with Crippen LogP contribution in [0.2, 0.25) is 0 Å². The zero-order valence-electron chi connectivity index (χ0n) is 13.3. The van der Waals surface area contributed by atoms with Crippen LogP contribution in [0.15, 0.2) is 0 Å². The molecule has 0 aliphatic carbocycles. The van der Waals surface area contributed by atoms with Crippen molar-refractivity contribution < 1.29 is 9.53 Å². The minimum absolute atomic E-state index is 0.0146. The van der Waals surface area contributed by atoms with E-state index in [2.05, 4.69) is 36.4 Å². The van der Waals surface area contributed by atoms with Crippen molar-refractivity contribution in [3.05, 3.63) is 0 Å². The quantitative estimate of drug-likeness (QED) is 0.620. The van der Waals surface area contributed by atoms with Gasteiger partial charge in [-0.05, 0) is 66.2 Å². The van der Waals surface area contributed by atoms with E-state index >= 15 is 0 Å². The summed E-state index contributed by atoms with van der Waals surface area (Å²) in [6.07, 6.45) is 4.41. The monoisotopic (exact) mass is 285 g/mol. The molecule has 1 heterocycles. The second kappa shape index (κ2) is 10.1. The molecule has 5 heteroatoms. The van der Waals surface area contributed by atoms with Gasteiger partial charge in [0, 0.05) is 12.6 Å². The van der Waals surface area contributed by atoms with E-state index in [1.165, 1.54) is 0 Å². The van der Waals surface area contributed by atoms with Crippen molar-refractivity contribution in [1.29, 1.82) is 0 Å². The second-order valence-electron chi connectivity index (χ2n) is 5.89. The molecule has 0 atom stereocenters. The maximum absolute atomic E-state index is 11.6. The summed E-state index contributed by atoms with van der Waals surface area (Å²) in [7, 11) is 2.14. The molecule has 2 N–H and O–H groups in total. The van der Waals surface area contributed by atoms with E-state index in [-0.39, 0.29) is 18.6 Å². The second-order valence-corrected chi connectivity index (χ2v) is 5.89. The summed E-state index contributed by atoms with van der Waals surface area (Å²) in [4.78, 5) is 14.0. The number of hydrogen-bond acceptors (Lipinski definition) is 4. The highest BCUT2D eigenvalue weighted by molar-refractivity contribution is 5.77. The Morgan fingerprint density at radius 2 is 2.05 bits per heavy atom. The number of piperidine rings is 1. The Morgan fingerprint density at radius 3 is 2.70 bits per heavy atom. The summed E-state index contributed by atoms with van der Waals surface area (Å²) in [6.45, 7) is 8.42. The Labute approximate surface area is 123 Å². The normalized spacial score (nSPS) is 16.9. The van der Waals surface area contributed by atoms with Crippen molar-refractivity contribution in [3.8, 4) is 0 Å². The predicted octanol–water partition coefficient (Wildman–Crippen LogP) is 0.992. The molecule has 0 saturated carbocycles. The highest BCUT2D eigenvalue weighted by atomic mass is 16.5. The van der Waals surface area contributed by atoms with Crippen molar-refractivity contribution in [1.82, 2.24) is 15.5 Å². The Kier molecular flexibility index (Phi) is 8.82. The van der Waals surface area contributed by atoms with Gasteiger partial charge >= 0.3 is 0 Å². The van der Waals surface area contributed by atoms with E-state index < -0.39 is 0 Å². The lowest BCUT2D eigenvalue weighted by Gasteiger charge is -2.22. The third-order valence-corrected chi connectivity index (χ3v) is 3.88. The van der Waals surface area contributed by atoms with Crippen LogP contribution in [0.1, 0.15) is 39.5 Å². The molecule has 0 unspecified atom stereocenters. The van der Waals surface area contributed by atoms with Gasteiger partial charge in [-0.2, -0.15) is 0 Å². The lowest BCUT2D eigenvalue weighted by molar-refractivity contribution is -0.128. The smallest absolute Gasteiger partial charge is 0.246 e. The van der Waals surface area contributed by atoms with Gasteiger partial charge in [0.05, 0.1) is 6.10 Å². The van der Waals surface area contributed by atoms with Crippen LogP contribution in [0.25, 0.3) is 0 Å². The minimum atomic E-state index is 0.0146. The van der Waals surface area contributed by atoms with E-state index in [9.17, 15) is 4.79 Å². The third-order valence-electron chi connectivity index (χ3n) is 3.88. The van der Waals surface area contributed by atoms with Crippen LogP contribution in [0.5, 0.6) is 0 Å². The average molecular weight is 285 g/mol. The molecular formula is C15H31N3O2. The number of rotatable bonds is 9. The maximum Gasteiger partial charge on any atom is 0.246 e. The van der Waals surface area contributed by atoms with Gasteiger partial charge in [0.1, 0.15) is 6.61 Å². The summed E-state index contributed by atoms with van der Waals surface area (Å²) < 4.78 is 5.61. The van der Waals surface area contributed by atoms with E-state index in [0.29, 0.717) is 6.04 Å². The van der Waals surface area contributed by atoms with Crippen molar-refractivity contribution in [2.75, 3.05) is 39.8 Å². The van der Waals surface area contributed by atoms with E-state index in [1.807, 2.05) is 0 Å². The molecule has 1 amide bonds. The number of carbonyl (C=O) groups excluding carboxylic acids is 1. The van der Waals surface area contributed by atoms with Gasteiger partial charge in [0.15, 0.2) is 0 Å². The number of hydrogen-bond donors (Lipinski definition) is 2. The van der Waals surface area contributed by atoms with Crippen LogP contribution in [0.3, 0.4) is 0 Å². The summed E-state index contributed by atoms with van der Waals surface area (Å²) in [5.74, 6) is 0.0146. The molecule has 5 nitrogen and oxygen atoms in total. The highest BCUT2D eigenvalue weighted by Crippen LogP contribution is 2.06. The Morgan fingerprint density at radius 1 is 1.35 bits per heavy atom. The standard InChI is InChI=1S/C15H31N3O2/c1-13(2)18(3)11-5-4-8-17-15(19)12-20-14-6-9-16-10-7-14/h13-14,16H,4-12H2,1-3H3,(H,17,19). The van der Waals surface area contributed by atoms with Crippen LogP contribution >= 0.6 is 0 Å². The first-order valence-corrected chi connectivity index (χ1v) is 7.89. The molecule has 1 aliphatic heterocycles. The molecular weight excluding hydrogens is 254 g/mol. The molecule has 20 heavy (non-hydrogen) atoms. The molecule has 0 radical (unpaired) electrons. The van der Waals surface area contributed by atoms with Crippen molar-refractivity contribution >= 4 is 5.91 Å². The fourth-order valence-corrected chi connectivity index (χ4v) is 2.18. The maximum atomic E-state index is 11.6. The molecule has 1 saturated heterocycles. The van der Waals surface area contributed by atoms with Crippen LogP contribution in [-0.4, -0.2) is 62.8 Å². The van der Waals surface area contributed by atoms with Crippen molar-refractivity contribution in [2.24, 2.45) is 0 Å². The first kappa shape index (κ1) is 17.4. The Bertz CT molecular complexity index is 266. The topological polar surface area (TPSA) is 53.6 Å². The van der Waals surface area contributed by atoms with Crippen LogP contribution in [0.4, 0.5) is 0 Å². The minimum Gasteiger partial charge on any atom is -0.368 e. The molecule has 0 aromatic carbocycles. The SMILES string of the molecule is CC(C)N(C)CCCCNC(=O)COC1CCNCC1. The number of carbonyl (C=O) groups is 1. The fourth-order valence-electron chi connectivity index (χ4n) is 2.18. The molecule has 1 aliphatic rings. The number of amides is 1. The van der Waals surface area contributed by atoms with Gasteiger partial charge in [0.25, 0.3) is 0 Å². The molecule has 118 valence electrons. The Balaban J connectivity index is 1.94. The molecule has 0 aromatic heterocycles. The van der Waals surface area contributed by atoms with Gasteiger partial charge in [0.2, 0.25) is 5.91 Å². The molecule has 1 fully saturated rings. The lowest BCUT2D eigenvalue weighted by Crippen LogP contribution is -2.36. The fraction of sp³-hybridized carbons (Fsp3) is 0.933. The van der Waals surface area contributed by atoms with Gasteiger partial charge in [-0.3, -0.25) is 4.79 Å². The van der Waals surface area contributed by atoms with E-state index in [4.69, 9.17) is 4.74 Å². The molecule has 0 bridgehead atoms. The van der Waals surface area contributed by atoms with Gasteiger partial charge < -0.3 is 20.3 Å². The number of ether oxygens (including phenoxy) is 1. The largest absolute Gasteiger partial charge is 0.368 e. The van der Waals surface area contributed by atoms with Crippen molar-refractivity contribution in [3.63, 3.8) is 0 Å². The zero-order chi connectivity index (χ0) is 14.8. The number of nitrogens with one attached hydrogen (secondary N) is 2. The first-order chi connectivity index (χ1) is 9.59. The van der Waals surface area contributed by atoms with Gasteiger partial charge in [-0.15, -0.1) is 0 Å². The molecule has 0 spiro atoms. The van der Waals surface area contributed by atoms with Gasteiger partial charge in [-0.1, -0.05) is 0 Å². The summed E-state index contributed by atoms with van der Waals surface area (Å²) in [6, 6.07) is 0.586. The molecule has 0 aromatic rings. The third kappa shape index (κ3) is 7.82. The predicted molar refractivity (Wildman–Crippen MR) is 81.9 cm³/mol. The number of nitrogens with zero attached hydrogens (tertiary/aromatic N) is 1. The van der Waals surface area contributed by atoms with Crippen molar-refractivity contribution in [2.45, 2.75) is 51.7 Å². The molecule has 1 rings (SSSR count). The first-order valence-electron chi connectivity index (χ1n) is 7.89. The highest BCUT2D eigenvalue weighted by Gasteiger charge is 2.14. The van der Waals surface area contributed by atoms with E-state index in [0.717, 1.165) is 51.9 Å². The summed E-state index contributed by atoms with van der Waals surface area (Å²) >= 11 is 0. The van der Waals surface area contributed by atoms with Crippen LogP contribution in [-0.2, 0) is 9.53 Å². The van der Waals surface area contributed by atoms with Gasteiger partial charge in [-0.25, -0.2) is 0 Å². The average Bonchev–Trinajstić information content (AvgIpc) is 2.45.